The Balaban J connectivity index is 1.36. The Bertz CT molecular complexity index is 1850. The molecule has 4 heterocycles. The average molecular weight is 541 g/mol. The molecule has 4 nitrogen and oxygen atoms in total. The first-order valence-electron chi connectivity index (χ1n) is 14.0. The molecule has 0 atom stereocenters. The maximum atomic E-state index is 4.38. The zero-order chi connectivity index (χ0) is 28.1. The van der Waals surface area contributed by atoms with Gasteiger partial charge in [0.1, 0.15) is 0 Å². The molecule has 0 saturated carbocycles. The first-order valence-corrected chi connectivity index (χ1v) is 14.0. The van der Waals surface area contributed by atoms with Crippen LogP contribution in [0, 0.1) is 0 Å². The third kappa shape index (κ3) is 5.38. The normalized spacial score (nSPS) is 12.4. The van der Waals surface area contributed by atoms with Crippen LogP contribution >= 0.6 is 0 Å². The summed E-state index contributed by atoms with van der Waals surface area (Å²) < 4.78 is 0. The van der Waals surface area contributed by atoms with Gasteiger partial charge in [-0.1, -0.05) is 48.6 Å². The Labute approximate surface area is 245 Å². The molecule has 4 heteroatoms. The third-order valence-corrected chi connectivity index (χ3v) is 7.50. The van der Waals surface area contributed by atoms with Crippen molar-refractivity contribution in [3.05, 3.63) is 158 Å². The van der Waals surface area contributed by atoms with Gasteiger partial charge < -0.3 is 5.32 Å². The van der Waals surface area contributed by atoms with Crippen molar-refractivity contribution in [2.45, 2.75) is 0 Å². The minimum absolute atomic E-state index is 0.847. The zero-order valence-electron chi connectivity index (χ0n) is 23.0. The summed E-state index contributed by atoms with van der Waals surface area (Å²) in [4.78, 5) is 13.1. The van der Waals surface area contributed by atoms with E-state index in [1.165, 1.54) is 0 Å². The van der Waals surface area contributed by atoms with E-state index in [1.54, 1.807) is 0 Å². The minimum Gasteiger partial charge on any atom is -0.387 e. The van der Waals surface area contributed by atoms with Crippen LogP contribution in [0.15, 0.2) is 153 Å². The van der Waals surface area contributed by atoms with Crippen LogP contribution in [0.2, 0.25) is 0 Å². The Hall–Kier alpha value is -5.61. The molecule has 1 aliphatic rings. The monoisotopic (exact) mass is 540 g/mol. The second-order valence-electron chi connectivity index (χ2n) is 10.3. The van der Waals surface area contributed by atoms with E-state index < -0.39 is 0 Å². The highest BCUT2D eigenvalue weighted by atomic mass is 14.8. The first-order chi connectivity index (χ1) is 20.8. The molecule has 0 aliphatic carbocycles. The number of allylic oxidation sites excluding steroid dienone is 2. The number of nitrogens with one attached hydrogen (secondary N) is 1. The standard InChI is InChI=1S/C38H28N4/c1-6-27(33-17-35(29-8-2-12-39-23-29)21-36(18-33)30-9-3-13-40-24-30)16-28(7-1)34-19-37(31-10-4-14-41-25-31)22-38(20-34)32-11-5-15-42-26-32/h1-14,16-26,42H,15H2. The Morgan fingerprint density at radius 1 is 0.429 bits per heavy atom. The Morgan fingerprint density at radius 2 is 0.833 bits per heavy atom. The minimum atomic E-state index is 0.847. The second-order valence-corrected chi connectivity index (χ2v) is 10.3. The van der Waals surface area contributed by atoms with Crippen molar-refractivity contribution in [1.29, 1.82) is 0 Å². The summed E-state index contributed by atoms with van der Waals surface area (Å²) >= 11 is 0. The molecule has 200 valence electrons. The molecule has 0 spiro atoms. The lowest BCUT2D eigenvalue weighted by atomic mass is 9.91. The molecule has 0 radical (unpaired) electrons. The summed E-state index contributed by atoms with van der Waals surface area (Å²) in [6.07, 6.45) is 17.6. The smallest absolute Gasteiger partial charge is 0.0346 e. The number of dihydropyridines is 1. The van der Waals surface area contributed by atoms with Crippen molar-refractivity contribution in [1.82, 2.24) is 20.3 Å². The second kappa shape index (κ2) is 11.5. The number of hydrogen-bond donors (Lipinski definition) is 1. The molecule has 6 aromatic rings. The number of rotatable bonds is 6. The summed E-state index contributed by atoms with van der Waals surface area (Å²) in [7, 11) is 0. The molecule has 1 N–H and O–H groups in total. The molecule has 0 fully saturated rings. The molecule has 3 aromatic carbocycles. The van der Waals surface area contributed by atoms with Crippen LogP contribution in [-0.4, -0.2) is 21.5 Å². The molecule has 7 rings (SSSR count). The van der Waals surface area contributed by atoms with E-state index in [-0.39, 0.29) is 0 Å². The van der Waals surface area contributed by atoms with Crippen molar-refractivity contribution in [3.8, 4) is 55.6 Å². The predicted octanol–water partition coefficient (Wildman–Crippen LogP) is 8.71. The Morgan fingerprint density at radius 3 is 1.24 bits per heavy atom. The molecule has 3 aromatic heterocycles. The molecule has 0 bridgehead atoms. The van der Waals surface area contributed by atoms with E-state index in [2.05, 4.69) is 117 Å². The van der Waals surface area contributed by atoms with Gasteiger partial charge in [-0.05, 0) is 111 Å². The number of nitrogens with zero attached hydrogens (tertiary/aromatic N) is 3. The maximum absolute atomic E-state index is 4.38. The summed E-state index contributed by atoms with van der Waals surface area (Å²) in [5.74, 6) is 0. The van der Waals surface area contributed by atoms with Gasteiger partial charge >= 0.3 is 0 Å². The SMILES string of the molecule is C1=CC(c2cc(-c3cccnc3)cc(-c3cccc(-c4cc(-c5cccnc5)cc(-c5cccnc5)c4)c3)c2)=CNC1. The lowest BCUT2D eigenvalue weighted by molar-refractivity contribution is 0.976. The van der Waals surface area contributed by atoms with Crippen molar-refractivity contribution < 1.29 is 0 Å². The van der Waals surface area contributed by atoms with Crippen LogP contribution in [0.25, 0.3) is 61.2 Å². The number of hydrogen-bond acceptors (Lipinski definition) is 4. The van der Waals surface area contributed by atoms with E-state index >= 15 is 0 Å². The average Bonchev–Trinajstić information content (AvgIpc) is 3.09. The van der Waals surface area contributed by atoms with E-state index in [1.807, 2.05) is 55.4 Å². The zero-order valence-corrected chi connectivity index (χ0v) is 23.0. The first kappa shape index (κ1) is 25.4. The van der Waals surface area contributed by atoms with Gasteiger partial charge in [0, 0.05) is 66.6 Å². The van der Waals surface area contributed by atoms with Crippen molar-refractivity contribution >= 4 is 5.57 Å². The van der Waals surface area contributed by atoms with Crippen molar-refractivity contribution in [2.24, 2.45) is 0 Å². The summed E-state index contributed by atoms with van der Waals surface area (Å²) in [5, 5.41) is 3.35. The fourth-order valence-corrected chi connectivity index (χ4v) is 5.38. The van der Waals surface area contributed by atoms with Crippen LogP contribution in [0.1, 0.15) is 5.56 Å². The Kier molecular flexibility index (Phi) is 6.93. The van der Waals surface area contributed by atoms with Crippen LogP contribution in [0.5, 0.6) is 0 Å². The topological polar surface area (TPSA) is 50.7 Å². The molecular weight excluding hydrogens is 512 g/mol. The maximum Gasteiger partial charge on any atom is 0.0346 e. The quantitative estimate of drug-likeness (QED) is 0.230. The van der Waals surface area contributed by atoms with E-state index in [9.17, 15) is 0 Å². The molecule has 0 amide bonds. The molecular formula is C38H28N4. The largest absolute Gasteiger partial charge is 0.387 e. The highest BCUT2D eigenvalue weighted by Crippen LogP contribution is 2.36. The van der Waals surface area contributed by atoms with Gasteiger partial charge in [-0.3, -0.25) is 15.0 Å². The van der Waals surface area contributed by atoms with Gasteiger partial charge in [-0.15, -0.1) is 0 Å². The molecule has 1 aliphatic heterocycles. The number of benzene rings is 3. The van der Waals surface area contributed by atoms with Crippen LogP contribution < -0.4 is 5.32 Å². The summed E-state index contributed by atoms with van der Waals surface area (Å²) in [6, 6.07) is 34.5. The summed E-state index contributed by atoms with van der Waals surface area (Å²) in [5.41, 5.74) is 13.6. The number of aromatic nitrogens is 3. The van der Waals surface area contributed by atoms with Crippen molar-refractivity contribution in [3.63, 3.8) is 0 Å². The van der Waals surface area contributed by atoms with Gasteiger partial charge in [-0.25, -0.2) is 0 Å². The van der Waals surface area contributed by atoms with E-state index in [0.717, 1.165) is 73.3 Å². The van der Waals surface area contributed by atoms with Crippen molar-refractivity contribution in [2.75, 3.05) is 6.54 Å². The molecule has 0 saturated heterocycles. The van der Waals surface area contributed by atoms with Gasteiger partial charge in [0.2, 0.25) is 0 Å². The molecule has 0 unspecified atom stereocenters. The predicted molar refractivity (Wildman–Crippen MR) is 172 cm³/mol. The molecule has 42 heavy (non-hydrogen) atoms. The lowest BCUT2D eigenvalue weighted by Crippen LogP contribution is -2.08. The van der Waals surface area contributed by atoms with Gasteiger partial charge in [0.05, 0.1) is 0 Å². The van der Waals surface area contributed by atoms with Crippen LogP contribution in [0.4, 0.5) is 0 Å². The van der Waals surface area contributed by atoms with Gasteiger partial charge in [0.25, 0.3) is 0 Å². The highest BCUT2D eigenvalue weighted by molar-refractivity contribution is 5.86. The third-order valence-electron chi connectivity index (χ3n) is 7.50. The summed E-state index contributed by atoms with van der Waals surface area (Å²) in [6.45, 7) is 0.847. The van der Waals surface area contributed by atoms with E-state index in [0.29, 0.717) is 0 Å². The lowest BCUT2D eigenvalue weighted by Gasteiger charge is -2.15. The highest BCUT2D eigenvalue weighted by Gasteiger charge is 2.12. The van der Waals surface area contributed by atoms with Crippen LogP contribution in [0.3, 0.4) is 0 Å². The van der Waals surface area contributed by atoms with E-state index in [4.69, 9.17) is 0 Å². The fourth-order valence-electron chi connectivity index (χ4n) is 5.38. The number of pyridine rings is 3. The van der Waals surface area contributed by atoms with Crippen LogP contribution in [-0.2, 0) is 0 Å². The van der Waals surface area contributed by atoms with Gasteiger partial charge in [-0.2, -0.15) is 0 Å². The van der Waals surface area contributed by atoms with Gasteiger partial charge in [0.15, 0.2) is 0 Å². The fraction of sp³-hybridized carbons (Fsp3) is 0.0263.